The van der Waals surface area contributed by atoms with E-state index in [1.807, 2.05) is 17.3 Å². The summed E-state index contributed by atoms with van der Waals surface area (Å²) in [6, 6.07) is 0.611. The summed E-state index contributed by atoms with van der Waals surface area (Å²) in [4.78, 5) is 8.69. The second-order valence-electron chi connectivity index (χ2n) is 6.03. The highest BCUT2D eigenvalue weighted by molar-refractivity contribution is 4.95. The van der Waals surface area contributed by atoms with E-state index >= 15 is 0 Å². The first-order chi connectivity index (χ1) is 10.0. The van der Waals surface area contributed by atoms with E-state index in [-0.39, 0.29) is 12.6 Å². The Balaban J connectivity index is 1.96. The van der Waals surface area contributed by atoms with E-state index in [9.17, 15) is 8.78 Å². The fourth-order valence-corrected chi connectivity index (χ4v) is 3.04. The standard InChI is InChI=1S/C15H26F2N4/c1-4-13-9-19(7-8-20(13)10-14(16)17)11-15-18-5-6-21(15)12(2)3/h5-6,12-14H,4,7-11H2,1-3H3/t13-/m0/s1. The van der Waals surface area contributed by atoms with Gasteiger partial charge in [0.15, 0.2) is 0 Å². The van der Waals surface area contributed by atoms with Crippen LogP contribution in [0.2, 0.25) is 0 Å². The van der Waals surface area contributed by atoms with Gasteiger partial charge >= 0.3 is 0 Å². The topological polar surface area (TPSA) is 24.3 Å². The summed E-state index contributed by atoms with van der Waals surface area (Å²) in [6.45, 7) is 9.42. The van der Waals surface area contributed by atoms with Crippen molar-refractivity contribution in [1.82, 2.24) is 19.4 Å². The molecule has 1 aliphatic heterocycles. The summed E-state index contributed by atoms with van der Waals surface area (Å²) < 4.78 is 27.4. The lowest BCUT2D eigenvalue weighted by atomic mass is 10.1. The van der Waals surface area contributed by atoms with Gasteiger partial charge in [0.05, 0.1) is 13.1 Å². The van der Waals surface area contributed by atoms with E-state index in [4.69, 9.17) is 0 Å². The molecule has 4 nitrogen and oxygen atoms in total. The highest BCUT2D eigenvalue weighted by Crippen LogP contribution is 2.17. The number of nitrogens with zero attached hydrogens (tertiary/aromatic N) is 4. The normalized spacial score (nSPS) is 21.6. The van der Waals surface area contributed by atoms with Gasteiger partial charge in [-0.05, 0) is 20.3 Å². The molecule has 0 unspecified atom stereocenters. The Labute approximate surface area is 125 Å². The zero-order chi connectivity index (χ0) is 15.4. The molecule has 21 heavy (non-hydrogen) atoms. The van der Waals surface area contributed by atoms with Gasteiger partial charge in [-0.1, -0.05) is 6.92 Å². The molecular formula is C15H26F2N4. The number of hydrogen-bond acceptors (Lipinski definition) is 3. The molecule has 0 radical (unpaired) electrons. The molecule has 1 fully saturated rings. The van der Waals surface area contributed by atoms with Crippen LogP contribution in [0, 0.1) is 0 Å². The van der Waals surface area contributed by atoms with E-state index in [1.165, 1.54) is 0 Å². The summed E-state index contributed by atoms with van der Waals surface area (Å²) in [5.74, 6) is 1.06. The maximum absolute atomic E-state index is 12.6. The summed E-state index contributed by atoms with van der Waals surface area (Å²) in [5, 5.41) is 0. The van der Waals surface area contributed by atoms with Crippen LogP contribution in [-0.2, 0) is 6.54 Å². The fourth-order valence-electron chi connectivity index (χ4n) is 3.04. The highest BCUT2D eigenvalue weighted by Gasteiger charge is 2.28. The second-order valence-corrected chi connectivity index (χ2v) is 6.03. The molecule has 1 saturated heterocycles. The van der Waals surface area contributed by atoms with Crippen molar-refractivity contribution in [1.29, 1.82) is 0 Å². The van der Waals surface area contributed by atoms with E-state index in [1.54, 1.807) is 0 Å². The van der Waals surface area contributed by atoms with Crippen molar-refractivity contribution in [2.75, 3.05) is 26.2 Å². The van der Waals surface area contributed by atoms with Gasteiger partial charge in [0.2, 0.25) is 0 Å². The molecule has 1 aliphatic rings. The predicted molar refractivity (Wildman–Crippen MR) is 79.5 cm³/mol. The van der Waals surface area contributed by atoms with Crippen molar-refractivity contribution < 1.29 is 8.78 Å². The Morgan fingerprint density at radius 1 is 1.33 bits per heavy atom. The van der Waals surface area contributed by atoms with Gasteiger partial charge in [-0.2, -0.15) is 0 Å². The van der Waals surface area contributed by atoms with E-state index < -0.39 is 6.43 Å². The molecule has 1 aromatic rings. The molecule has 1 aromatic heterocycles. The Bertz CT molecular complexity index is 433. The smallest absolute Gasteiger partial charge is 0.251 e. The van der Waals surface area contributed by atoms with Crippen molar-refractivity contribution in [3.63, 3.8) is 0 Å². The van der Waals surface area contributed by atoms with Crippen molar-refractivity contribution >= 4 is 0 Å². The molecule has 0 N–H and O–H groups in total. The minimum absolute atomic E-state index is 0.104. The quantitative estimate of drug-likeness (QED) is 0.807. The average Bonchev–Trinajstić information content (AvgIpc) is 2.88. The monoisotopic (exact) mass is 300 g/mol. The van der Waals surface area contributed by atoms with Gasteiger partial charge in [0.25, 0.3) is 6.43 Å². The largest absolute Gasteiger partial charge is 0.331 e. The minimum Gasteiger partial charge on any atom is -0.331 e. The van der Waals surface area contributed by atoms with Crippen LogP contribution in [0.5, 0.6) is 0 Å². The van der Waals surface area contributed by atoms with Crippen LogP contribution < -0.4 is 0 Å². The van der Waals surface area contributed by atoms with Crippen LogP contribution in [0.15, 0.2) is 12.4 Å². The molecule has 0 amide bonds. The Hall–Kier alpha value is -1.01. The number of alkyl halides is 2. The summed E-state index contributed by atoms with van der Waals surface area (Å²) >= 11 is 0. The lowest BCUT2D eigenvalue weighted by Crippen LogP contribution is -2.53. The van der Waals surface area contributed by atoms with E-state index in [2.05, 4.69) is 35.2 Å². The van der Waals surface area contributed by atoms with Gasteiger partial charge in [-0.3, -0.25) is 9.80 Å². The van der Waals surface area contributed by atoms with Crippen molar-refractivity contribution in [3.05, 3.63) is 18.2 Å². The molecule has 1 atom stereocenters. The van der Waals surface area contributed by atoms with Crippen LogP contribution in [0.25, 0.3) is 0 Å². The predicted octanol–water partition coefficient (Wildman–Crippen LogP) is 2.63. The van der Waals surface area contributed by atoms with Crippen molar-refractivity contribution in [3.8, 4) is 0 Å². The number of aromatic nitrogens is 2. The SMILES string of the molecule is CC[C@H]1CN(Cc2nccn2C(C)C)CCN1CC(F)F. The van der Waals surface area contributed by atoms with Crippen LogP contribution in [0.4, 0.5) is 8.78 Å². The number of hydrogen-bond donors (Lipinski definition) is 0. The van der Waals surface area contributed by atoms with Gasteiger partial charge in [0, 0.05) is 44.1 Å². The first kappa shape index (κ1) is 16.4. The minimum atomic E-state index is -2.24. The summed E-state index contributed by atoms with van der Waals surface area (Å²) in [6.07, 6.45) is 2.50. The Morgan fingerprint density at radius 2 is 2.10 bits per heavy atom. The average molecular weight is 300 g/mol. The second kappa shape index (κ2) is 7.31. The third kappa shape index (κ3) is 4.23. The molecule has 0 aromatic carbocycles. The van der Waals surface area contributed by atoms with E-state index in [0.717, 1.165) is 31.9 Å². The first-order valence-electron chi connectivity index (χ1n) is 7.77. The molecule has 0 spiro atoms. The number of imidazole rings is 1. The number of piperazine rings is 1. The highest BCUT2D eigenvalue weighted by atomic mass is 19.3. The zero-order valence-electron chi connectivity index (χ0n) is 13.2. The van der Waals surface area contributed by atoms with Crippen LogP contribution >= 0.6 is 0 Å². The van der Waals surface area contributed by atoms with Crippen LogP contribution in [0.3, 0.4) is 0 Å². The van der Waals surface area contributed by atoms with Crippen molar-refractivity contribution in [2.24, 2.45) is 0 Å². The molecule has 2 heterocycles. The molecule has 120 valence electrons. The third-order valence-corrected chi connectivity index (χ3v) is 4.20. The number of halogens is 2. The molecule has 0 saturated carbocycles. The third-order valence-electron chi connectivity index (χ3n) is 4.20. The zero-order valence-corrected chi connectivity index (χ0v) is 13.2. The van der Waals surface area contributed by atoms with Crippen LogP contribution in [-0.4, -0.2) is 58.0 Å². The molecule has 0 bridgehead atoms. The van der Waals surface area contributed by atoms with E-state index in [0.29, 0.717) is 12.6 Å². The molecule has 6 heteroatoms. The molecule has 0 aliphatic carbocycles. The van der Waals surface area contributed by atoms with Gasteiger partial charge in [-0.25, -0.2) is 13.8 Å². The molecular weight excluding hydrogens is 274 g/mol. The number of rotatable bonds is 6. The first-order valence-corrected chi connectivity index (χ1v) is 7.77. The Kier molecular flexibility index (Phi) is 5.70. The van der Waals surface area contributed by atoms with Gasteiger partial charge in [0.1, 0.15) is 5.82 Å². The summed E-state index contributed by atoms with van der Waals surface area (Å²) in [5.41, 5.74) is 0. The summed E-state index contributed by atoms with van der Waals surface area (Å²) in [7, 11) is 0. The maximum atomic E-state index is 12.6. The fraction of sp³-hybridized carbons (Fsp3) is 0.800. The van der Waals surface area contributed by atoms with Crippen LogP contribution in [0.1, 0.15) is 39.1 Å². The van der Waals surface area contributed by atoms with Crippen molar-refractivity contribution in [2.45, 2.75) is 52.2 Å². The lowest BCUT2D eigenvalue weighted by molar-refractivity contribution is 0.0159. The maximum Gasteiger partial charge on any atom is 0.251 e. The van der Waals surface area contributed by atoms with Gasteiger partial charge < -0.3 is 4.57 Å². The van der Waals surface area contributed by atoms with Gasteiger partial charge in [-0.15, -0.1) is 0 Å². The lowest BCUT2D eigenvalue weighted by Gasteiger charge is -2.41. The molecule has 2 rings (SSSR count). The Morgan fingerprint density at radius 3 is 2.71 bits per heavy atom.